The van der Waals surface area contributed by atoms with Crippen molar-refractivity contribution < 1.29 is 0 Å². The van der Waals surface area contributed by atoms with Gasteiger partial charge < -0.3 is 5.32 Å². The lowest BCUT2D eigenvalue weighted by Crippen LogP contribution is -2.37. The Hall–Kier alpha value is -0.380. The van der Waals surface area contributed by atoms with Crippen molar-refractivity contribution in [2.45, 2.75) is 26.4 Å². The van der Waals surface area contributed by atoms with E-state index in [2.05, 4.69) is 71.3 Å². The molecule has 1 atom stereocenters. The van der Waals surface area contributed by atoms with Crippen molar-refractivity contribution in [2.75, 3.05) is 20.1 Å². The van der Waals surface area contributed by atoms with E-state index >= 15 is 0 Å². The minimum atomic E-state index is 0.559. The van der Waals surface area contributed by atoms with Crippen molar-refractivity contribution in [3.05, 3.63) is 34.3 Å². The summed E-state index contributed by atoms with van der Waals surface area (Å²) in [6.45, 7) is 7.47. The summed E-state index contributed by atoms with van der Waals surface area (Å²) in [5.74, 6) is 0. The zero-order valence-corrected chi connectivity index (χ0v) is 11.9. The molecular formula is C13H21BrN2. The molecule has 2 nitrogen and oxygen atoms in total. The summed E-state index contributed by atoms with van der Waals surface area (Å²) in [6.07, 6.45) is 0. The van der Waals surface area contributed by atoms with Crippen LogP contribution in [-0.4, -0.2) is 31.1 Å². The van der Waals surface area contributed by atoms with Crippen molar-refractivity contribution in [3.8, 4) is 0 Å². The lowest BCUT2D eigenvalue weighted by atomic mass is 10.2. The van der Waals surface area contributed by atoms with E-state index < -0.39 is 0 Å². The topological polar surface area (TPSA) is 15.3 Å². The number of hydrogen-bond acceptors (Lipinski definition) is 2. The predicted molar refractivity (Wildman–Crippen MR) is 73.6 cm³/mol. The SMILES string of the molecule is CCNCC(C)N(C)Cc1ccc(Br)cc1. The maximum atomic E-state index is 3.45. The summed E-state index contributed by atoms with van der Waals surface area (Å²) in [5, 5.41) is 3.37. The molecule has 0 bridgehead atoms. The summed E-state index contributed by atoms with van der Waals surface area (Å²) in [7, 11) is 2.17. The number of likely N-dealkylation sites (N-methyl/N-ethyl adjacent to an activating group) is 2. The van der Waals surface area contributed by atoms with Gasteiger partial charge in [0.1, 0.15) is 0 Å². The summed E-state index contributed by atoms with van der Waals surface area (Å²) >= 11 is 3.45. The highest BCUT2D eigenvalue weighted by Crippen LogP contribution is 2.12. The first-order chi connectivity index (χ1) is 7.63. The number of benzene rings is 1. The third kappa shape index (κ3) is 4.64. The van der Waals surface area contributed by atoms with E-state index in [0.717, 1.165) is 24.1 Å². The van der Waals surface area contributed by atoms with E-state index in [9.17, 15) is 0 Å². The second-order valence-electron chi connectivity index (χ2n) is 4.20. The molecule has 1 rings (SSSR count). The average Bonchev–Trinajstić information content (AvgIpc) is 2.29. The molecule has 0 amide bonds. The first kappa shape index (κ1) is 13.7. The van der Waals surface area contributed by atoms with Gasteiger partial charge in [0.05, 0.1) is 0 Å². The summed E-state index contributed by atoms with van der Waals surface area (Å²) < 4.78 is 1.14. The third-order valence-electron chi connectivity index (χ3n) is 2.79. The van der Waals surface area contributed by atoms with Crippen LogP contribution >= 0.6 is 15.9 Å². The number of hydrogen-bond donors (Lipinski definition) is 1. The van der Waals surface area contributed by atoms with Gasteiger partial charge in [-0.15, -0.1) is 0 Å². The van der Waals surface area contributed by atoms with Gasteiger partial charge >= 0.3 is 0 Å². The molecule has 1 aromatic carbocycles. The molecule has 0 aromatic heterocycles. The molecule has 0 saturated carbocycles. The first-order valence-corrected chi connectivity index (χ1v) is 6.58. The van der Waals surface area contributed by atoms with Crippen LogP contribution in [0.15, 0.2) is 28.7 Å². The maximum absolute atomic E-state index is 3.45. The Morgan fingerprint density at radius 2 is 1.94 bits per heavy atom. The average molecular weight is 285 g/mol. The van der Waals surface area contributed by atoms with Crippen molar-refractivity contribution >= 4 is 15.9 Å². The van der Waals surface area contributed by atoms with Crippen LogP contribution in [0, 0.1) is 0 Å². The minimum Gasteiger partial charge on any atom is -0.315 e. The van der Waals surface area contributed by atoms with Crippen LogP contribution in [0.4, 0.5) is 0 Å². The molecule has 90 valence electrons. The second kappa shape index (κ2) is 7.05. The Morgan fingerprint density at radius 1 is 1.31 bits per heavy atom. The fraction of sp³-hybridized carbons (Fsp3) is 0.538. The molecule has 1 unspecified atom stereocenters. The molecule has 0 saturated heterocycles. The Kier molecular flexibility index (Phi) is 6.03. The monoisotopic (exact) mass is 284 g/mol. The molecule has 0 aliphatic rings. The third-order valence-corrected chi connectivity index (χ3v) is 3.32. The van der Waals surface area contributed by atoms with Crippen molar-refractivity contribution in [2.24, 2.45) is 0 Å². The van der Waals surface area contributed by atoms with Gasteiger partial charge in [0.2, 0.25) is 0 Å². The van der Waals surface area contributed by atoms with Gasteiger partial charge in [-0.1, -0.05) is 35.0 Å². The van der Waals surface area contributed by atoms with Gasteiger partial charge in [0, 0.05) is 23.6 Å². The molecule has 16 heavy (non-hydrogen) atoms. The molecule has 0 fully saturated rings. The van der Waals surface area contributed by atoms with E-state index in [0.29, 0.717) is 6.04 Å². The van der Waals surface area contributed by atoms with Gasteiger partial charge in [0.15, 0.2) is 0 Å². The fourth-order valence-electron chi connectivity index (χ4n) is 1.54. The number of rotatable bonds is 6. The molecule has 0 heterocycles. The molecule has 1 N–H and O–H groups in total. The smallest absolute Gasteiger partial charge is 0.0234 e. The quantitative estimate of drug-likeness (QED) is 0.864. The van der Waals surface area contributed by atoms with Crippen molar-refractivity contribution in [3.63, 3.8) is 0 Å². The highest BCUT2D eigenvalue weighted by atomic mass is 79.9. The van der Waals surface area contributed by atoms with Crippen LogP contribution in [0.1, 0.15) is 19.4 Å². The maximum Gasteiger partial charge on any atom is 0.0234 e. The van der Waals surface area contributed by atoms with Crippen LogP contribution in [0.2, 0.25) is 0 Å². The Bertz CT molecular complexity index is 297. The zero-order valence-electron chi connectivity index (χ0n) is 10.3. The lowest BCUT2D eigenvalue weighted by Gasteiger charge is -2.24. The van der Waals surface area contributed by atoms with E-state index in [4.69, 9.17) is 0 Å². The standard InChI is InChI=1S/C13H21BrN2/c1-4-15-9-11(2)16(3)10-12-5-7-13(14)8-6-12/h5-8,11,15H,4,9-10H2,1-3H3. The zero-order chi connectivity index (χ0) is 12.0. The molecule has 0 spiro atoms. The van der Waals surface area contributed by atoms with E-state index in [1.165, 1.54) is 5.56 Å². The largest absolute Gasteiger partial charge is 0.315 e. The van der Waals surface area contributed by atoms with E-state index in [1.54, 1.807) is 0 Å². The highest BCUT2D eigenvalue weighted by Gasteiger charge is 2.08. The first-order valence-electron chi connectivity index (χ1n) is 5.79. The Labute approximate surface area is 107 Å². The van der Waals surface area contributed by atoms with Crippen molar-refractivity contribution in [1.82, 2.24) is 10.2 Å². The van der Waals surface area contributed by atoms with Crippen LogP contribution in [0.3, 0.4) is 0 Å². The number of nitrogens with one attached hydrogen (secondary N) is 1. The minimum absolute atomic E-state index is 0.559. The van der Waals surface area contributed by atoms with Gasteiger partial charge in [-0.25, -0.2) is 0 Å². The second-order valence-corrected chi connectivity index (χ2v) is 5.11. The Balaban J connectivity index is 2.43. The summed E-state index contributed by atoms with van der Waals surface area (Å²) in [6, 6.07) is 9.08. The number of nitrogens with zero attached hydrogens (tertiary/aromatic N) is 1. The van der Waals surface area contributed by atoms with E-state index in [1.807, 2.05) is 0 Å². The van der Waals surface area contributed by atoms with Crippen LogP contribution in [0.5, 0.6) is 0 Å². The van der Waals surface area contributed by atoms with Crippen LogP contribution in [-0.2, 0) is 6.54 Å². The predicted octanol–water partition coefficient (Wildman–Crippen LogP) is 2.88. The van der Waals surface area contributed by atoms with Crippen LogP contribution < -0.4 is 5.32 Å². The summed E-state index contributed by atoms with van der Waals surface area (Å²) in [4.78, 5) is 2.37. The van der Waals surface area contributed by atoms with Gasteiger partial charge in [-0.2, -0.15) is 0 Å². The number of halogens is 1. The lowest BCUT2D eigenvalue weighted by molar-refractivity contribution is 0.244. The normalized spacial score (nSPS) is 13.1. The molecule has 1 aromatic rings. The van der Waals surface area contributed by atoms with Gasteiger partial charge in [-0.05, 0) is 38.2 Å². The van der Waals surface area contributed by atoms with Crippen molar-refractivity contribution in [1.29, 1.82) is 0 Å². The van der Waals surface area contributed by atoms with Crippen LogP contribution in [0.25, 0.3) is 0 Å². The van der Waals surface area contributed by atoms with Gasteiger partial charge in [0.25, 0.3) is 0 Å². The van der Waals surface area contributed by atoms with E-state index in [-0.39, 0.29) is 0 Å². The fourth-order valence-corrected chi connectivity index (χ4v) is 1.81. The molecule has 0 radical (unpaired) electrons. The molecule has 3 heteroatoms. The summed E-state index contributed by atoms with van der Waals surface area (Å²) in [5.41, 5.74) is 1.36. The molecule has 0 aliphatic heterocycles. The molecule has 0 aliphatic carbocycles. The molecular weight excluding hydrogens is 264 g/mol. The Morgan fingerprint density at radius 3 is 2.50 bits per heavy atom. The van der Waals surface area contributed by atoms with Gasteiger partial charge in [-0.3, -0.25) is 4.90 Å². The highest BCUT2D eigenvalue weighted by molar-refractivity contribution is 9.10.